The molecule has 1 aromatic carbocycles. The van der Waals surface area contributed by atoms with E-state index in [9.17, 15) is 19.2 Å². The second kappa shape index (κ2) is 18.5. The fraction of sp³-hybridized carbons (Fsp3) is 0.677. The van der Waals surface area contributed by atoms with Crippen LogP contribution in [0.25, 0.3) is 0 Å². The third-order valence-corrected chi connectivity index (χ3v) is 6.91. The molecule has 0 aliphatic rings. The zero-order chi connectivity index (χ0) is 31.8. The number of rotatable bonds is 20. The van der Waals surface area contributed by atoms with Crippen molar-refractivity contribution in [1.29, 1.82) is 0 Å². The molecule has 1 aromatic rings. The highest BCUT2D eigenvalue weighted by molar-refractivity contribution is 5.93. The van der Waals surface area contributed by atoms with Crippen molar-refractivity contribution >= 4 is 23.6 Å². The van der Waals surface area contributed by atoms with Gasteiger partial charge < -0.3 is 36.5 Å². The van der Waals surface area contributed by atoms with Gasteiger partial charge in [0.25, 0.3) is 0 Å². The predicted octanol–water partition coefficient (Wildman–Crippen LogP) is 1.83. The first-order valence-electron chi connectivity index (χ1n) is 14.7. The highest BCUT2D eigenvalue weighted by Crippen LogP contribution is 2.20. The number of benzene rings is 1. The normalized spacial score (nSPS) is 13.3. The van der Waals surface area contributed by atoms with Crippen molar-refractivity contribution in [3.05, 3.63) is 35.9 Å². The molecule has 0 fully saturated rings. The molecule has 0 heterocycles. The van der Waals surface area contributed by atoms with Gasteiger partial charge in [-0.25, -0.2) is 0 Å². The highest BCUT2D eigenvalue weighted by Gasteiger charge is 2.28. The summed E-state index contributed by atoms with van der Waals surface area (Å²) in [6.45, 7) is 12.5. The lowest BCUT2D eigenvalue weighted by atomic mass is 10.0. The number of nitrogens with two attached hydrogens (primary N) is 1. The van der Waals surface area contributed by atoms with Crippen molar-refractivity contribution in [1.82, 2.24) is 21.3 Å². The lowest BCUT2D eigenvalue weighted by molar-refractivity contribution is -0.132. The van der Waals surface area contributed by atoms with Gasteiger partial charge in [-0.1, -0.05) is 44.2 Å². The molecule has 0 aliphatic carbocycles. The van der Waals surface area contributed by atoms with Crippen LogP contribution in [-0.4, -0.2) is 80.3 Å². The van der Waals surface area contributed by atoms with Crippen LogP contribution in [0.1, 0.15) is 72.8 Å². The third kappa shape index (κ3) is 15.8. The van der Waals surface area contributed by atoms with Crippen LogP contribution in [0, 0.1) is 5.92 Å². The molecule has 0 aromatic heterocycles. The molecule has 0 saturated carbocycles. The topological polar surface area (TPSA) is 161 Å². The fourth-order valence-corrected chi connectivity index (χ4v) is 4.13. The fourth-order valence-electron chi connectivity index (χ4n) is 4.13. The van der Waals surface area contributed by atoms with Crippen LogP contribution in [0.15, 0.2) is 30.3 Å². The first-order chi connectivity index (χ1) is 19.7. The Morgan fingerprint density at radius 2 is 1.52 bits per heavy atom. The smallest absolute Gasteiger partial charge is 0.243 e. The van der Waals surface area contributed by atoms with Gasteiger partial charge in [-0.15, -0.1) is 0 Å². The Morgan fingerprint density at radius 3 is 2.12 bits per heavy atom. The summed E-state index contributed by atoms with van der Waals surface area (Å²) >= 11 is 0. The molecule has 0 spiro atoms. The maximum atomic E-state index is 13.2. The van der Waals surface area contributed by atoms with Gasteiger partial charge in [0, 0.05) is 20.1 Å². The Hall–Kier alpha value is -3.02. The molecule has 0 radical (unpaired) electrons. The molecular formula is C31H53N5O6. The van der Waals surface area contributed by atoms with E-state index >= 15 is 0 Å². The minimum Gasteiger partial charge on any atom is -0.379 e. The van der Waals surface area contributed by atoms with E-state index in [2.05, 4.69) is 21.3 Å². The summed E-state index contributed by atoms with van der Waals surface area (Å²) in [7, 11) is 1.69. The molecule has 0 bridgehead atoms. The Balaban J connectivity index is 2.60. The number of carbonyl (C=O) groups is 4. The summed E-state index contributed by atoms with van der Waals surface area (Å²) in [5.74, 6) is -1.67. The molecule has 2 atom stereocenters. The maximum Gasteiger partial charge on any atom is 0.243 e. The average molecular weight is 592 g/mol. The van der Waals surface area contributed by atoms with E-state index in [0.717, 1.165) is 18.4 Å². The van der Waals surface area contributed by atoms with E-state index in [1.54, 1.807) is 7.11 Å². The Bertz CT molecular complexity index is 983. The van der Waals surface area contributed by atoms with E-state index in [1.807, 2.05) is 71.9 Å². The van der Waals surface area contributed by atoms with Gasteiger partial charge in [0.2, 0.25) is 23.6 Å². The van der Waals surface area contributed by atoms with E-state index in [4.69, 9.17) is 15.2 Å². The SMILES string of the molecule is COC(C)(C)CCOC(C)(C)CCCNC(=O)CNC(=O)C(CC(C)C)NC(=O)C(Cc1ccccc1)NC(=O)CN. The Labute approximate surface area is 251 Å². The van der Waals surface area contributed by atoms with E-state index in [0.29, 0.717) is 26.0 Å². The molecule has 2 unspecified atom stereocenters. The van der Waals surface area contributed by atoms with Crippen LogP contribution in [0.5, 0.6) is 0 Å². The van der Waals surface area contributed by atoms with Crippen molar-refractivity contribution in [2.24, 2.45) is 11.7 Å². The summed E-state index contributed by atoms with van der Waals surface area (Å²) < 4.78 is 11.4. The van der Waals surface area contributed by atoms with Crippen LogP contribution >= 0.6 is 0 Å². The van der Waals surface area contributed by atoms with Gasteiger partial charge in [0.05, 0.1) is 30.9 Å². The predicted molar refractivity (Wildman–Crippen MR) is 164 cm³/mol. The Morgan fingerprint density at radius 1 is 0.857 bits per heavy atom. The van der Waals surface area contributed by atoms with Crippen LogP contribution in [0.4, 0.5) is 0 Å². The van der Waals surface area contributed by atoms with Gasteiger partial charge in [-0.2, -0.15) is 0 Å². The van der Waals surface area contributed by atoms with Gasteiger partial charge in [0.15, 0.2) is 0 Å². The first-order valence-corrected chi connectivity index (χ1v) is 14.7. The molecule has 42 heavy (non-hydrogen) atoms. The monoisotopic (exact) mass is 591 g/mol. The van der Waals surface area contributed by atoms with Crippen LogP contribution in [-0.2, 0) is 35.1 Å². The van der Waals surface area contributed by atoms with Crippen molar-refractivity contribution < 1.29 is 28.7 Å². The third-order valence-electron chi connectivity index (χ3n) is 6.91. The first kappa shape index (κ1) is 37.0. The van der Waals surface area contributed by atoms with Crippen molar-refractivity contribution in [2.75, 3.05) is 33.4 Å². The summed E-state index contributed by atoms with van der Waals surface area (Å²) in [6, 6.07) is 7.46. The summed E-state index contributed by atoms with van der Waals surface area (Å²) in [4.78, 5) is 50.6. The molecule has 4 amide bonds. The van der Waals surface area contributed by atoms with Gasteiger partial charge >= 0.3 is 0 Å². The lowest BCUT2D eigenvalue weighted by Crippen LogP contribution is -2.56. The maximum absolute atomic E-state index is 13.2. The molecule has 0 aliphatic heterocycles. The molecular weight excluding hydrogens is 538 g/mol. The molecule has 0 saturated heterocycles. The van der Waals surface area contributed by atoms with Crippen molar-refractivity contribution in [3.8, 4) is 0 Å². The molecule has 6 N–H and O–H groups in total. The van der Waals surface area contributed by atoms with Gasteiger partial charge in [-0.05, 0) is 64.9 Å². The average Bonchev–Trinajstić information content (AvgIpc) is 2.93. The van der Waals surface area contributed by atoms with Gasteiger partial charge in [-0.3, -0.25) is 19.2 Å². The summed E-state index contributed by atoms with van der Waals surface area (Å²) in [5, 5.41) is 10.8. The van der Waals surface area contributed by atoms with E-state index < -0.39 is 29.8 Å². The van der Waals surface area contributed by atoms with E-state index in [1.165, 1.54) is 0 Å². The number of methoxy groups -OCH3 is 1. The number of hydrogen-bond donors (Lipinski definition) is 5. The second-order valence-corrected chi connectivity index (χ2v) is 12.2. The zero-order valence-electron chi connectivity index (χ0n) is 26.5. The minimum atomic E-state index is -0.908. The number of amides is 4. The Kier molecular flexibility index (Phi) is 16.3. The van der Waals surface area contributed by atoms with Crippen LogP contribution in [0.2, 0.25) is 0 Å². The lowest BCUT2D eigenvalue weighted by Gasteiger charge is -2.29. The number of carbonyl (C=O) groups excluding carboxylic acids is 4. The van der Waals surface area contributed by atoms with E-state index in [-0.39, 0.29) is 42.5 Å². The molecule has 11 nitrogen and oxygen atoms in total. The summed E-state index contributed by atoms with van der Waals surface area (Å²) in [5.41, 5.74) is 5.71. The second-order valence-electron chi connectivity index (χ2n) is 12.2. The highest BCUT2D eigenvalue weighted by atomic mass is 16.5. The minimum absolute atomic E-state index is 0.0900. The largest absolute Gasteiger partial charge is 0.379 e. The van der Waals surface area contributed by atoms with Crippen LogP contribution in [0.3, 0.4) is 0 Å². The van der Waals surface area contributed by atoms with Crippen LogP contribution < -0.4 is 27.0 Å². The van der Waals surface area contributed by atoms with Crippen molar-refractivity contribution in [3.63, 3.8) is 0 Å². The number of hydrogen-bond acceptors (Lipinski definition) is 7. The molecule has 11 heteroatoms. The molecule has 1 rings (SSSR count). The number of nitrogens with one attached hydrogen (secondary N) is 4. The summed E-state index contributed by atoms with van der Waals surface area (Å²) in [6.07, 6.45) is 2.84. The number of ether oxygens (including phenoxy) is 2. The quantitative estimate of drug-likeness (QED) is 0.145. The zero-order valence-corrected chi connectivity index (χ0v) is 26.5. The standard InChI is InChI=1S/C31H53N5O6/c1-22(2)18-24(36-29(40)25(35-26(37)20-32)19-23-12-9-8-10-13-23)28(39)34-21-27(38)33-16-11-14-31(5,6)42-17-15-30(3,4)41-7/h8-10,12-13,22,24-25H,11,14-21,32H2,1-7H3,(H,33,38)(H,34,39)(H,35,37)(H,36,40). The van der Waals surface area contributed by atoms with Gasteiger partial charge in [0.1, 0.15) is 12.1 Å². The molecule has 238 valence electrons. The van der Waals surface area contributed by atoms with Crippen molar-refractivity contribution in [2.45, 2.75) is 96.9 Å².